The van der Waals surface area contributed by atoms with E-state index in [-0.39, 0.29) is 31.0 Å². The number of nitrogens with zero attached hydrogens (tertiary/aromatic N) is 5. The van der Waals surface area contributed by atoms with Crippen LogP contribution in [0.5, 0.6) is 0 Å². The first kappa shape index (κ1) is 26.5. The van der Waals surface area contributed by atoms with Crippen LogP contribution in [0.3, 0.4) is 0 Å². The highest BCUT2D eigenvalue weighted by molar-refractivity contribution is 5.89. The lowest BCUT2D eigenvalue weighted by atomic mass is 9.97. The summed E-state index contributed by atoms with van der Waals surface area (Å²) in [6.07, 6.45) is 5.29. The van der Waals surface area contributed by atoms with E-state index in [2.05, 4.69) is 34.5 Å². The van der Waals surface area contributed by atoms with Gasteiger partial charge in [0, 0.05) is 32.1 Å². The number of amides is 2. The van der Waals surface area contributed by atoms with Crippen molar-refractivity contribution in [1.29, 1.82) is 0 Å². The first-order chi connectivity index (χ1) is 19.0. The fourth-order valence-electron chi connectivity index (χ4n) is 4.92. The Balaban J connectivity index is 1.49. The van der Waals surface area contributed by atoms with Gasteiger partial charge in [0.1, 0.15) is 18.1 Å². The van der Waals surface area contributed by atoms with Gasteiger partial charge in [-0.25, -0.2) is 4.68 Å². The second kappa shape index (κ2) is 12.2. The minimum Gasteiger partial charge on any atom is -0.376 e. The SMILES string of the molecule is CC(C)c1ccc([C@H](C(=O)NC[C@@H]2CCCO2)N(Cc2cccnc2)C(=O)Cn2nnc3ccccc32)cc1. The van der Waals surface area contributed by atoms with E-state index < -0.39 is 6.04 Å². The average molecular weight is 527 g/mol. The zero-order chi connectivity index (χ0) is 27.2. The molecule has 0 bridgehead atoms. The van der Waals surface area contributed by atoms with Gasteiger partial charge in [0.25, 0.3) is 0 Å². The minimum absolute atomic E-state index is 0.0121. The van der Waals surface area contributed by atoms with Crippen molar-refractivity contribution in [3.05, 3.63) is 89.7 Å². The molecule has 1 fully saturated rings. The highest BCUT2D eigenvalue weighted by atomic mass is 16.5. The van der Waals surface area contributed by atoms with Gasteiger partial charge < -0.3 is 15.0 Å². The number of rotatable bonds is 10. The highest BCUT2D eigenvalue weighted by Crippen LogP contribution is 2.27. The van der Waals surface area contributed by atoms with Gasteiger partial charge in [0.15, 0.2) is 0 Å². The molecule has 1 saturated heterocycles. The van der Waals surface area contributed by atoms with Crippen LogP contribution in [0.4, 0.5) is 0 Å². The molecule has 1 aliphatic heterocycles. The molecule has 5 rings (SSSR count). The van der Waals surface area contributed by atoms with Crippen molar-refractivity contribution in [2.75, 3.05) is 13.2 Å². The van der Waals surface area contributed by atoms with Gasteiger partial charge in [0.2, 0.25) is 11.8 Å². The summed E-state index contributed by atoms with van der Waals surface area (Å²) in [6.45, 7) is 5.52. The topological polar surface area (TPSA) is 102 Å². The number of pyridine rings is 1. The molecule has 3 heterocycles. The van der Waals surface area contributed by atoms with Gasteiger partial charge in [-0.1, -0.05) is 61.5 Å². The fraction of sp³-hybridized carbons (Fsp3) is 0.367. The van der Waals surface area contributed by atoms with Gasteiger partial charge in [-0.05, 0) is 53.6 Å². The zero-order valence-corrected chi connectivity index (χ0v) is 22.4. The van der Waals surface area contributed by atoms with Crippen LogP contribution >= 0.6 is 0 Å². The summed E-state index contributed by atoms with van der Waals surface area (Å²) in [5.74, 6) is -0.150. The molecule has 2 atom stereocenters. The van der Waals surface area contributed by atoms with E-state index in [9.17, 15) is 9.59 Å². The summed E-state index contributed by atoms with van der Waals surface area (Å²) < 4.78 is 7.30. The van der Waals surface area contributed by atoms with Crippen molar-refractivity contribution >= 4 is 22.8 Å². The predicted molar refractivity (Wildman–Crippen MR) is 148 cm³/mol. The zero-order valence-electron chi connectivity index (χ0n) is 22.4. The highest BCUT2D eigenvalue weighted by Gasteiger charge is 2.33. The van der Waals surface area contributed by atoms with Gasteiger partial charge in [-0.2, -0.15) is 0 Å². The molecule has 0 saturated carbocycles. The summed E-state index contributed by atoms with van der Waals surface area (Å²) in [7, 11) is 0. The molecule has 1 N–H and O–H groups in total. The van der Waals surface area contributed by atoms with Crippen LogP contribution in [0.2, 0.25) is 0 Å². The standard InChI is InChI=1S/C30H34N6O3/c1-21(2)23-11-13-24(14-12-23)29(30(38)32-18-25-8-6-16-39-25)35(19-22-7-5-15-31-17-22)28(37)20-36-27-10-4-3-9-26(27)33-34-36/h3-5,7,9-15,17,21,25,29H,6,8,16,18-20H2,1-2H3,(H,32,38)/t25-,29+/m0/s1. The summed E-state index contributed by atoms with van der Waals surface area (Å²) >= 11 is 0. The monoisotopic (exact) mass is 526 g/mol. The molecule has 39 heavy (non-hydrogen) atoms. The molecule has 2 aromatic heterocycles. The van der Waals surface area contributed by atoms with Crippen LogP contribution in [0.15, 0.2) is 73.1 Å². The van der Waals surface area contributed by atoms with E-state index >= 15 is 0 Å². The van der Waals surface area contributed by atoms with E-state index in [1.807, 2.05) is 60.7 Å². The number of carbonyl (C=O) groups is 2. The Morgan fingerprint density at radius 1 is 1.08 bits per heavy atom. The second-order valence-corrected chi connectivity index (χ2v) is 10.2. The largest absolute Gasteiger partial charge is 0.376 e. The van der Waals surface area contributed by atoms with E-state index in [4.69, 9.17) is 4.74 Å². The number of fused-ring (bicyclic) bond motifs is 1. The van der Waals surface area contributed by atoms with E-state index in [0.717, 1.165) is 35.0 Å². The lowest BCUT2D eigenvalue weighted by Gasteiger charge is -2.32. The lowest BCUT2D eigenvalue weighted by Crippen LogP contribution is -2.46. The number of aromatic nitrogens is 4. The lowest BCUT2D eigenvalue weighted by molar-refractivity contribution is -0.142. The van der Waals surface area contributed by atoms with Crippen LogP contribution in [-0.4, -0.2) is 55.9 Å². The van der Waals surface area contributed by atoms with Crippen molar-refractivity contribution in [3.8, 4) is 0 Å². The Bertz CT molecular complexity index is 1400. The Hall–Kier alpha value is -4.11. The molecule has 0 aliphatic carbocycles. The molecule has 9 heteroatoms. The van der Waals surface area contributed by atoms with Crippen LogP contribution in [0.25, 0.3) is 11.0 Å². The first-order valence-corrected chi connectivity index (χ1v) is 13.5. The van der Waals surface area contributed by atoms with Crippen molar-refractivity contribution in [2.45, 2.75) is 57.8 Å². The number of nitrogens with one attached hydrogen (secondary N) is 1. The minimum atomic E-state index is -0.852. The van der Waals surface area contributed by atoms with Crippen molar-refractivity contribution in [2.24, 2.45) is 0 Å². The third-order valence-corrected chi connectivity index (χ3v) is 7.11. The third kappa shape index (κ3) is 6.31. The molecule has 0 spiro atoms. The van der Waals surface area contributed by atoms with Crippen molar-refractivity contribution in [1.82, 2.24) is 30.2 Å². The smallest absolute Gasteiger partial charge is 0.247 e. The maximum absolute atomic E-state index is 14.0. The van der Waals surface area contributed by atoms with E-state index in [1.165, 1.54) is 0 Å². The number of carbonyl (C=O) groups excluding carboxylic acids is 2. The summed E-state index contributed by atoms with van der Waals surface area (Å²) in [4.78, 5) is 33.7. The van der Waals surface area contributed by atoms with Gasteiger partial charge in [0.05, 0.1) is 11.6 Å². The second-order valence-electron chi connectivity index (χ2n) is 10.2. The number of hydrogen-bond acceptors (Lipinski definition) is 6. The molecule has 1 aliphatic rings. The van der Waals surface area contributed by atoms with Crippen LogP contribution in [0.1, 0.15) is 55.3 Å². The normalized spacial score (nSPS) is 15.9. The summed E-state index contributed by atoms with van der Waals surface area (Å²) in [5, 5.41) is 11.5. The Morgan fingerprint density at radius 3 is 2.59 bits per heavy atom. The van der Waals surface area contributed by atoms with Crippen LogP contribution in [0, 0.1) is 0 Å². The third-order valence-electron chi connectivity index (χ3n) is 7.11. The quantitative estimate of drug-likeness (QED) is 0.335. The molecule has 4 aromatic rings. The number of hydrogen-bond donors (Lipinski definition) is 1. The van der Waals surface area contributed by atoms with Crippen LogP contribution in [-0.2, 0) is 27.4 Å². The molecular weight excluding hydrogens is 492 g/mol. The molecule has 9 nitrogen and oxygen atoms in total. The average Bonchev–Trinajstić information content (AvgIpc) is 3.63. The number of ether oxygens (including phenoxy) is 1. The summed E-state index contributed by atoms with van der Waals surface area (Å²) in [6, 6.07) is 18.3. The van der Waals surface area contributed by atoms with Crippen LogP contribution < -0.4 is 5.32 Å². The number of para-hydroxylation sites is 1. The number of benzene rings is 2. The molecule has 0 radical (unpaired) electrons. The maximum Gasteiger partial charge on any atom is 0.247 e. The summed E-state index contributed by atoms with van der Waals surface area (Å²) in [5.41, 5.74) is 4.19. The molecular formula is C30H34N6O3. The van der Waals surface area contributed by atoms with Gasteiger partial charge in [-0.3, -0.25) is 14.6 Å². The molecule has 0 unspecified atom stereocenters. The van der Waals surface area contributed by atoms with E-state index in [0.29, 0.717) is 24.6 Å². The van der Waals surface area contributed by atoms with Crippen molar-refractivity contribution < 1.29 is 14.3 Å². The van der Waals surface area contributed by atoms with E-state index in [1.54, 1.807) is 22.0 Å². The predicted octanol–water partition coefficient (Wildman–Crippen LogP) is 4.02. The van der Waals surface area contributed by atoms with Crippen molar-refractivity contribution in [3.63, 3.8) is 0 Å². The van der Waals surface area contributed by atoms with Gasteiger partial charge >= 0.3 is 0 Å². The molecule has 2 aromatic carbocycles. The first-order valence-electron chi connectivity index (χ1n) is 13.5. The fourth-order valence-corrected chi connectivity index (χ4v) is 4.92. The Labute approximate surface area is 228 Å². The molecule has 202 valence electrons. The maximum atomic E-state index is 14.0. The Kier molecular flexibility index (Phi) is 8.27. The molecule has 2 amide bonds. The Morgan fingerprint density at radius 2 is 1.87 bits per heavy atom. The van der Waals surface area contributed by atoms with Gasteiger partial charge in [-0.15, -0.1) is 5.10 Å².